The summed E-state index contributed by atoms with van der Waals surface area (Å²) in [5, 5.41) is 3.00. The summed E-state index contributed by atoms with van der Waals surface area (Å²) in [5.74, 6) is 0.00348. The Kier molecular flexibility index (Phi) is 3.96. The summed E-state index contributed by atoms with van der Waals surface area (Å²) in [7, 11) is 0. The molecule has 0 aromatic carbocycles. The van der Waals surface area contributed by atoms with Gasteiger partial charge in [-0.15, -0.1) is 11.6 Å². The second-order valence-corrected chi connectivity index (χ2v) is 3.72. The normalized spacial score (nSPS) is 9.77. The molecule has 6 heteroatoms. The summed E-state index contributed by atoms with van der Waals surface area (Å²) in [5.41, 5.74) is 0. The van der Waals surface area contributed by atoms with E-state index in [0.717, 1.165) is 0 Å². The van der Waals surface area contributed by atoms with Crippen LogP contribution in [0.3, 0.4) is 0 Å². The smallest absolute Gasteiger partial charge is 0.240 e. The first-order valence-electron chi connectivity index (χ1n) is 3.30. The molecular formula is C7H5BrCl2N2O. The number of anilines is 1. The van der Waals surface area contributed by atoms with E-state index in [-0.39, 0.29) is 11.8 Å². The molecular weight excluding hydrogens is 279 g/mol. The van der Waals surface area contributed by atoms with Gasteiger partial charge in [-0.2, -0.15) is 0 Å². The molecule has 1 N–H and O–H groups in total. The molecule has 0 bridgehead atoms. The zero-order valence-corrected chi connectivity index (χ0v) is 9.45. The number of nitrogens with zero attached hydrogens (tertiary/aromatic N) is 1. The Morgan fingerprint density at radius 2 is 2.38 bits per heavy atom. The van der Waals surface area contributed by atoms with Crippen molar-refractivity contribution in [2.45, 2.75) is 0 Å². The monoisotopic (exact) mass is 282 g/mol. The van der Waals surface area contributed by atoms with Gasteiger partial charge in [0, 0.05) is 6.20 Å². The van der Waals surface area contributed by atoms with Crippen LogP contribution >= 0.6 is 39.1 Å². The summed E-state index contributed by atoms with van der Waals surface area (Å²) < 4.78 is 0.624. The van der Waals surface area contributed by atoms with E-state index in [9.17, 15) is 4.79 Å². The Morgan fingerprint density at radius 3 is 2.92 bits per heavy atom. The molecule has 0 radical (unpaired) electrons. The van der Waals surface area contributed by atoms with Gasteiger partial charge in [0.15, 0.2) is 0 Å². The van der Waals surface area contributed by atoms with Gasteiger partial charge < -0.3 is 5.32 Å². The van der Waals surface area contributed by atoms with Gasteiger partial charge in [-0.1, -0.05) is 11.6 Å². The highest BCUT2D eigenvalue weighted by atomic mass is 79.9. The van der Waals surface area contributed by atoms with Gasteiger partial charge in [-0.05, 0) is 22.0 Å². The average molecular weight is 284 g/mol. The Bertz CT molecular complexity index is 332. The molecule has 3 nitrogen and oxygen atoms in total. The molecule has 0 aliphatic carbocycles. The van der Waals surface area contributed by atoms with E-state index in [1.807, 2.05) is 0 Å². The molecule has 70 valence electrons. The van der Waals surface area contributed by atoms with Crippen molar-refractivity contribution >= 4 is 50.9 Å². The van der Waals surface area contributed by atoms with Crippen LogP contribution in [0.5, 0.6) is 0 Å². The lowest BCUT2D eigenvalue weighted by Gasteiger charge is -2.03. The number of pyridine rings is 1. The maximum absolute atomic E-state index is 10.9. The van der Waals surface area contributed by atoms with Crippen molar-refractivity contribution < 1.29 is 4.79 Å². The highest BCUT2D eigenvalue weighted by Gasteiger charge is 2.05. The van der Waals surface area contributed by atoms with Crippen molar-refractivity contribution in [1.82, 2.24) is 4.98 Å². The summed E-state index contributed by atoms with van der Waals surface area (Å²) >= 11 is 14.2. The molecule has 0 spiro atoms. The predicted octanol–water partition coefficient (Wildman–Crippen LogP) is 2.67. The number of halogens is 3. The number of nitrogens with one attached hydrogen (secondary N) is 1. The van der Waals surface area contributed by atoms with Crippen LogP contribution in [0, 0.1) is 0 Å². The molecule has 1 aromatic heterocycles. The van der Waals surface area contributed by atoms with E-state index >= 15 is 0 Å². The molecule has 0 aliphatic heterocycles. The van der Waals surface area contributed by atoms with Crippen molar-refractivity contribution in [2.24, 2.45) is 0 Å². The number of aromatic nitrogens is 1. The first kappa shape index (κ1) is 10.8. The molecule has 0 saturated carbocycles. The predicted molar refractivity (Wildman–Crippen MR) is 56.3 cm³/mol. The lowest BCUT2D eigenvalue weighted by molar-refractivity contribution is -0.113. The second-order valence-electron chi connectivity index (χ2n) is 2.17. The molecule has 1 rings (SSSR count). The van der Waals surface area contributed by atoms with Crippen molar-refractivity contribution in [2.75, 3.05) is 11.2 Å². The zero-order chi connectivity index (χ0) is 9.84. The van der Waals surface area contributed by atoms with Crippen LogP contribution in [0.1, 0.15) is 0 Å². The van der Waals surface area contributed by atoms with E-state index in [0.29, 0.717) is 15.3 Å². The van der Waals surface area contributed by atoms with E-state index in [2.05, 4.69) is 26.2 Å². The second kappa shape index (κ2) is 4.79. The Hall–Kier alpha value is -0.320. The lowest BCUT2D eigenvalue weighted by Crippen LogP contribution is -2.13. The topological polar surface area (TPSA) is 42.0 Å². The number of hydrogen-bond donors (Lipinski definition) is 1. The standard InChI is InChI=1S/C7H5BrCl2N2O/c8-5-1-4(10)3-11-7(5)12-6(13)2-9/h1,3H,2H2,(H,11,12,13). The van der Waals surface area contributed by atoms with E-state index in [1.165, 1.54) is 6.20 Å². The van der Waals surface area contributed by atoms with Gasteiger partial charge >= 0.3 is 0 Å². The molecule has 1 aromatic rings. The van der Waals surface area contributed by atoms with Crippen molar-refractivity contribution in [3.63, 3.8) is 0 Å². The molecule has 13 heavy (non-hydrogen) atoms. The molecule has 1 heterocycles. The van der Waals surface area contributed by atoms with Crippen LogP contribution in [0.15, 0.2) is 16.7 Å². The molecule has 0 saturated heterocycles. The number of hydrogen-bond acceptors (Lipinski definition) is 2. The minimum absolute atomic E-state index is 0.100. The number of carbonyl (C=O) groups excluding carboxylic acids is 1. The minimum Gasteiger partial charge on any atom is -0.309 e. The van der Waals surface area contributed by atoms with Gasteiger partial charge in [0.25, 0.3) is 0 Å². The molecule has 0 atom stereocenters. The van der Waals surface area contributed by atoms with Crippen LogP contribution < -0.4 is 5.32 Å². The van der Waals surface area contributed by atoms with Crippen LogP contribution in [0.2, 0.25) is 5.02 Å². The molecule has 0 unspecified atom stereocenters. The fourth-order valence-corrected chi connectivity index (χ4v) is 1.48. The van der Waals surface area contributed by atoms with Gasteiger partial charge in [0.05, 0.1) is 9.50 Å². The lowest BCUT2D eigenvalue weighted by atomic mass is 10.4. The van der Waals surface area contributed by atoms with Gasteiger partial charge in [-0.25, -0.2) is 4.98 Å². The largest absolute Gasteiger partial charge is 0.309 e. The van der Waals surface area contributed by atoms with Crippen molar-refractivity contribution in [1.29, 1.82) is 0 Å². The van der Waals surface area contributed by atoms with E-state index in [4.69, 9.17) is 23.2 Å². The maximum atomic E-state index is 10.9. The van der Waals surface area contributed by atoms with Crippen molar-refractivity contribution in [3.8, 4) is 0 Å². The third kappa shape index (κ3) is 3.14. The van der Waals surface area contributed by atoms with Gasteiger partial charge in [-0.3, -0.25) is 4.79 Å². The fourth-order valence-electron chi connectivity index (χ4n) is 0.672. The minimum atomic E-state index is -0.308. The first-order chi connectivity index (χ1) is 6.13. The third-order valence-corrected chi connectivity index (χ3v) is 2.24. The first-order valence-corrected chi connectivity index (χ1v) is 5.01. The number of rotatable bonds is 2. The zero-order valence-electron chi connectivity index (χ0n) is 6.35. The fraction of sp³-hybridized carbons (Fsp3) is 0.143. The quantitative estimate of drug-likeness (QED) is 0.848. The summed E-state index contributed by atoms with van der Waals surface area (Å²) in [6, 6.07) is 1.64. The van der Waals surface area contributed by atoms with Crippen molar-refractivity contribution in [3.05, 3.63) is 21.8 Å². The van der Waals surface area contributed by atoms with E-state index < -0.39 is 0 Å². The van der Waals surface area contributed by atoms with Gasteiger partial charge in [0.2, 0.25) is 5.91 Å². The Morgan fingerprint density at radius 1 is 1.69 bits per heavy atom. The molecule has 0 aliphatic rings. The maximum Gasteiger partial charge on any atom is 0.240 e. The number of alkyl halides is 1. The summed E-state index contributed by atoms with van der Waals surface area (Å²) in [4.78, 5) is 14.8. The van der Waals surface area contributed by atoms with Crippen LogP contribution in [0.25, 0.3) is 0 Å². The van der Waals surface area contributed by atoms with Crippen LogP contribution in [0.4, 0.5) is 5.82 Å². The molecule has 0 fully saturated rings. The van der Waals surface area contributed by atoms with E-state index in [1.54, 1.807) is 6.07 Å². The third-order valence-electron chi connectivity index (χ3n) is 1.19. The Labute approximate surface area is 93.6 Å². The number of amides is 1. The van der Waals surface area contributed by atoms with Gasteiger partial charge in [0.1, 0.15) is 11.7 Å². The number of carbonyl (C=O) groups is 1. The van der Waals surface area contributed by atoms with Crippen LogP contribution in [-0.2, 0) is 4.79 Å². The highest BCUT2D eigenvalue weighted by Crippen LogP contribution is 2.22. The highest BCUT2D eigenvalue weighted by molar-refractivity contribution is 9.10. The summed E-state index contributed by atoms with van der Waals surface area (Å²) in [6.45, 7) is 0. The Balaban J connectivity index is 2.83. The summed E-state index contributed by atoms with van der Waals surface area (Å²) in [6.07, 6.45) is 1.44. The molecule has 1 amide bonds. The van der Waals surface area contributed by atoms with Crippen LogP contribution in [-0.4, -0.2) is 16.8 Å². The average Bonchev–Trinajstić information content (AvgIpc) is 2.09. The SMILES string of the molecule is O=C(CCl)Nc1ncc(Cl)cc1Br.